The molecule has 1 saturated carbocycles. The molecule has 98 valence electrons. The number of aromatic carboxylic acids is 1. The van der Waals surface area contributed by atoms with Gasteiger partial charge < -0.3 is 9.67 Å². The lowest BCUT2D eigenvalue weighted by molar-refractivity contribution is 0.0680. The van der Waals surface area contributed by atoms with Gasteiger partial charge in [-0.1, -0.05) is 12.8 Å². The van der Waals surface area contributed by atoms with E-state index in [4.69, 9.17) is 0 Å². The number of rotatable bonds is 4. The van der Waals surface area contributed by atoms with Gasteiger partial charge in [0.1, 0.15) is 5.69 Å². The minimum absolute atomic E-state index is 0.0881. The van der Waals surface area contributed by atoms with E-state index in [1.165, 1.54) is 25.8 Å². The summed E-state index contributed by atoms with van der Waals surface area (Å²) in [6, 6.07) is 1.63. The maximum atomic E-state index is 11.4. The third-order valence-electron chi connectivity index (χ3n) is 4.00. The Bertz CT molecular complexity index is 469. The van der Waals surface area contributed by atoms with Gasteiger partial charge in [-0.25, -0.2) is 4.79 Å². The Morgan fingerprint density at radius 1 is 1.39 bits per heavy atom. The zero-order chi connectivity index (χ0) is 13.3. The maximum absolute atomic E-state index is 11.4. The van der Waals surface area contributed by atoms with Crippen LogP contribution in [-0.4, -0.2) is 21.4 Å². The Morgan fingerprint density at radius 2 is 2.00 bits per heavy atom. The highest BCUT2D eigenvalue weighted by Crippen LogP contribution is 2.35. The Hall–Kier alpha value is -1.58. The summed E-state index contributed by atoms with van der Waals surface area (Å²) in [5.74, 6) is -0.530. The number of carbonyl (C=O) groups excluding carboxylic acids is 1. The van der Waals surface area contributed by atoms with E-state index in [9.17, 15) is 14.7 Å². The van der Waals surface area contributed by atoms with Crippen molar-refractivity contribution in [2.24, 2.45) is 5.92 Å². The van der Waals surface area contributed by atoms with E-state index in [1.54, 1.807) is 10.8 Å². The van der Waals surface area contributed by atoms with Crippen LogP contribution < -0.4 is 0 Å². The number of carboxylic acid groups (broad SMARTS) is 1. The SMILES string of the molecule is CC(=O)c1cc(C(=O)O)n(C(C)C2CCCC2)c1. The second-order valence-corrected chi connectivity index (χ2v) is 5.17. The number of aromatic nitrogens is 1. The normalized spacial score (nSPS) is 17.9. The molecule has 0 aliphatic heterocycles. The van der Waals surface area contributed by atoms with Crippen molar-refractivity contribution in [1.82, 2.24) is 4.57 Å². The maximum Gasteiger partial charge on any atom is 0.352 e. The molecule has 1 aliphatic carbocycles. The van der Waals surface area contributed by atoms with Crippen molar-refractivity contribution in [2.45, 2.75) is 45.6 Å². The van der Waals surface area contributed by atoms with Gasteiger partial charge in [-0.15, -0.1) is 0 Å². The fourth-order valence-electron chi connectivity index (χ4n) is 2.85. The average Bonchev–Trinajstić information content (AvgIpc) is 2.97. The molecule has 1 aromatic heterocycles. The minimum Gasteiger partial charge on any atom is -0.477 e. The molecule has 0 bridgehead atoms. The first-order chi connectivity index (χ1) is 8.50. The van der Waals surface area contributed by atoms with Gasteiger partial charge in [0.2, 0.25) is 0 Å². The number of nitrogens with zero attached hydrogens (tertiary/aromatic N) is 1. The second-order valence-electron chi connectivity index (χ2n) is 5.17. The zero-order valence-corrected chi connectivity index (χ0v) is 10.8. The lowest BCUT2D eigenvalue weighted by Gasteiger charge is -2.22. The summed E-state index contributed by atoms with van der Waals surface area (Å²) in [6.07, 6.45) is 6.42. The summed E-state index contributed by atoms with van der Waals surface area (Å²) in [6.45, 7) is 3.51. The van der Waals surface area contributed by atoms with Gasteiger partial charge in [-0.3, -0.25) is 4.79 Å². The summed E-state index contributed by atoms with van der Waals surface area (Å²) in [5.41, 5.74) is 0.705. The lowest BCUT2D eigenvalue weighted by Crippen LogP contribution is -2.17. The monoisotopic (exact) mass is 249 g/mol. The first-order valence-electron chi connectivity index (χ1n) is 6.47. The molecule has 1 unspecified atom stereocenters. The fourth-order valence-corrected chi connectivity index (χ4v) is 2.85. The van der Waals surface area contributed by atoms with Crippen LogP contribution in [0, 0.1) is 5.92 Å². The number of hydrogen-bond acceptors (Lipinski definition) is 2. The van der Waals surface area contributed by atoms with Gasteiger partial charge in [0, 0.05) is 17.8 Å². The molecule has 1 N–H and O–H groups in total. The van der Waals surface area contributed by atoms with Crippen LogP contribution >= 0.6 is 0 Å². The molecule has 1 aromatic rings. The highest BCUT2D eigenvalue weighted by atomic mass is 16.4. The molecule has 1 heterocycles. The predicted molar refractivity (Wildman–Crippen MR) is 68.1 cm³/mol. The molecule has 0 saturated heterocycles. The molecule has 0 spiro atoms. The molecular weight excluding hydrogens is 230 g/mol. The highest BCUT2D eigenvalue weighted by Gasteiger charge is 2.26. The van der Waals surface area contributed by atoms with E-state index in [0.29, 0.717) is 11.5 Å². The smallest absolute Gasteiger partial charge is 0.352 e. The standard InChI is InChI=1S/C14H19NO3/c1-9(11-5-3-4-6-11)15-8-12(10(2)16)7-13(15)14(17)18/h7-9,11H,3-6H2,1-2H3,(H,17,18). The van der Waals surface area contributed by atoms with Crippen molar-refractivity contribution in [1.29, 1.82) is 0 Å². The molecule has 1 fully saturated rings. The third-order valence-corrected chi connectivity index (χ3v) is 4.00. The van der Waals surface area contributed by atoms with Crippen molar-refractivity contribution in [2.75, 3.05) is 0 Å². The predicted octanol–water partition coefficient (Wildman–Crippen LogP) is 3.14. The van der Waals surface area contributed by atoms with E-state index in [-0.39, 0.29) is 17.5 Å². The van der Waals surface area contributed by atoms with E-state index in [2.05, 4.69) is 0 Å². The van der Waals surface area contributed by atoms with E-state index >= 15 is 0 Å². The van der Waals surface area contributed by atoms with Crippen molar-refractivity contribution in [3.8, 4) is 0 Å². The third kappa shape index (κ3) is 2.33. The fraction of sp³-hybridized carbons (Fsp3) is 0.571. The minimum atomic E-state index is -0.965. The van der Waals surface area contributed by atoms with Gasteiger partial charge in [-0.2, -0.15) is 0 Å². The number of carbonyl (C=O) groups is 2. The molecule has 0 aromatic carbocycles. The van der Waals surface area contributed by atoms with Crippen LogP contribution in [-0.2, 0) is 0 Å². The van der Waals surface area contributed by atoms with Crippen molar-refractivity contribution in [3.05, 3.63) is 23.5 Å². The molecule has 1 aliphatic rings. The summed E-state index contributed by atoms with van der Waals surface area (Å²) < 4.78 is 1.76. The Morgan fingerprint density at radius 3 is 2.50 bits per heavy atom. The van der Waals surface area contributed by atoms with E-state index < -0.39 is 5.97 Å². The number of ketones is 1. The molecule has 4 heteroatoms. The van der Waals surface area contributed by atoms with Crippen LogP contribution in [0.3, 0.4) is 0 Å². The van der Waals surface area contributed by atoms with Crippen molar-refractivity contribution >= 4 is 11.8 Å². The van der Waals surface area contributed by atoms with Gasteiger partial charge in [-0.05, 0) is 38.7 Å². The number of carboxylic acids is 1. The topological polar surface area (TPSA) is 59.3 Å². The average molecular weight is 249 g/mol. The van der Waals surface area contributed by atoms with Gasteiger partial charge in [0.25, 0.3) is 0 Å². The van der Waals surface area contributed by atoms with Gasteiger partial charge in [0.05, 0.1) is 0 Å². The summed E-state index contributed by atoms with van der Waals surface area (Å²) in [4.78, 5) is 22.6. The van der Waals surface area contributed by atoms with Crippen molar-refractivity contribution in [3.63, 3.8) is 0 Å². The Labute approximate surface area is 107 Å². The highest BCUT2D eigenvalue weighted by molar-refractivity contribution is 5.97. The number of Topliss-reactive ketones (excluding diaryl/α,β-unsaturated/α-hetero) is 1. The first kappa shape index (κ1) is 12.9. The Kier molecular flexibility index (Phi) is 3.55. The molecule has 4 nitrogen and oxygen atoms in total. The molecular formula is C14H19NO3. The molecule has 1 atom stereocenters. The molecule has 0 amide bonds. The van der Waals surface area contributed by atoms with Crippen LogP contribution in [0.4, 0.5) is 0 Å². The summed E-state index contributed by atoms with van der Waals surface area (Å²) in [5, 5.41) is 9.22. The van der Waals surface area contributed by atoms with Crippen LogP contribution in [0.15, 0.2) is 12.3 Å². The Balaban J connectivity index is 2.35. The summed E-state index contributed by atoms with van der Waals surface area (Å²) >= 11 is 0. The van der Waals surface area contributed by atoms with Crippen molar-refractivity contribution < 1.29 is 14.7 Å². The quantitative estimate of drug-likeness (QED) is 0.834. The summed E-state index contributed by atoms with van der Waals surface area (Å²) in [7, 11) is 0. The van der Waals surface area contributed by atoms with Crippen LogP contribution in [0.2, 0.25) is 0 Å². The largest absolute Gasteiger partial charge is 0.477 e. The molecule has 2 rings (SSSR count). The molecule has 18 heavy (non-hydrogen) atoms. The van der Waals surface area contributed by atoms with E-state index in [1.807, 2.05) is 6.92 Å². The first-order valence-corrected chi connectivity index (χ1v) is 6.47. The second kappa shape index (κ2) is 4.96. The van der Waals surface area contributed by atoms with E-state index in [0.717, 1.165) is 12.8 Å². The van der Waals surface area contributed by atoms with Crippen LogP contribution in [0.1, 0.15) is 66.4 Å². The van der Waals surface area contributed by atoms with Crippen LogP contribution in [0.25, 0.3) is 0 Å². The van der Waals surface area contributed by atoms with Gasteiger partial charge in [0.15, 0.2) is 5.78 Å². The number of hydrogen-bond donors (Lipinski definition) is 1. The zero-order valence-electron chi connectivity index (χ0n) is 10.8. The molecule has 0 radical (unpaired) electrons. The van der Waals surface area contributed by atoms with Crippen LogP contribution in [0.5, 0.6) is 0 Å². The lowest BCUT2D eigenvalue weighted by atomic mass is 9.99. The van der Waals surface area contributed by atoms with Gasteiger partial charge >= 0.3 is 5.97 Å².